The fourth-order valence-electron chi connectivity index (χ4n) is 6.35. The molecule has 1 unspecified atom stereocenters. The van der Waals surface area contributed by atoms with Gasteiger partial charge in [-0.05, 0) is 106 Å². The Morgan fingerprint density at radius 1 is 1.00 bits per heavy atom. The van der Waals surface area contributed by atoms with Crippen molar-refractivity contribution in [1.29, 1.82) is 0 Å². The van der Waals surface area contributed by atoms with Crippen molar-refractivity contribution in [3.05, 3.63) is 124 Å². The van der Waals surface area contributed by atoms with Crippen LogP contribution in [0.1, 0.15) is 40.7 Å². The molecule has 1 heterocycles. The van der Waals surface area contributed by atoms with Crippen molar-refractivity contribution in [1.82, 2.24) is 9.62 Å². The predicted octanol–water partition coefficient (Wildman–Crippen LogP) is 6.69. The van der Waals surface area contributed by atoms with Gasteiger partial charge in [-0.2, -0.15) is 0 Å². The third-order valence-corrected chi connectivity index (χ3v) is 11.8. The number of nitro benzene ring substituents is 1. The van der Waals surface area contributed by atoms with Crippen LogP contribution in [0.3, 0.4) is 0 Å². The number of carbonyl (C=O) groups excluding carboxylic acids is 1. The largest absolute Gasteiger partial charge is 0.376 e. The molecule has 1 aliphatic rings. The molecular weight excluding hydrogens is 687 g/mol. The highest BCUT2D eigenvalue weighted by atomic mass is 32.2. The van der Waals surface area contributed by atoms with Crippen LogP contribution in [0.15, 0.2) is 107 Å². The van der Waals surface area contributed by atoms with E-state index in [4.69, 9.17) is 4.74 Å². The van der Waals surface area contributed by atoms with E-state index in [1.807, 2.05) is 61.5 Å². The maximum Gasteiger partial charge on any atom is 0.293 e. The predicted molar refractivity (Wildman–Crippen MR) is 203 cm³/mol. The molecule has 0 aliphatic carbocycles. The molecule has 0 radical (unpaired) electrons. The number of rotatable bonds is 15. The second kappa shape index (κ2) is 16.7. The number of thioether (sulfide) groups is 1. The minimum Gasteiger partial charge on any atom is -0.376 e. The van der Waals surface area contributed by atoms with E-state index in [2.05, 4.69) is 34.0 Å². The first-order valence-corrected chi connectivity index (χ1v) is 19.3. The molecule has 4 aromatic carbocycles. The van der Waals surface area contributed by atoms with Crippen LogP contribution < -0.4 is 14.9 Å². The van der Waals surface area contributed by atoms with E-state index in [9.17, 15) is 23.3 Å². The number of sulfonamides is 1. The van der Waals surface area contributed by atoms with Gasteiger partial charge in [-0.1, -0.05) is 42.5 Å². The zero-order chi connectivity index (χ0) is 36.6. The number of ether oxygens (including phenoxy) is 1. The maximum absolute atomic E-state index is 13.3. The number of hydrogen-bond acceptors (Lipinski definition) is 10. The molecule has 13 heteroatoms. The van der Waals surface area contributed by atoms with Gasteiger partial charge in [-0.25, -0.2) is 13.1 Å². The number of nitrogens with zero attached hydrogens (tertiary/aromatic N) is 3. The van der Waals surface area contributed by atoms with Gasteiger partial charge in [0.2, 0.25) is 0 Å². The summed E-state index contributed by atoms with van der Waals surface area (Å²) in [5.74, 6) is -0.187. The van der Waals surface area contributed by atoms with Crippen molar-refractivity contribution in [3.63, 3.8) is 0 Å². The topological polar surface area (TPSA) is 134 Å². The van der Waals surface area contributed by atoms with Crippen LogP contribution in [0.25, 0.3) is 0 Å². The number of hydrogen-bond donors (Lipinski definition) is 2. The summed E-state index contributed by atoms with van der Waals surface area (Å²) in [6, 6.07) is 28.4. The molecule has 11 nitrogen and oxygen atoms in total. The molecule has 1 amide bonds. The summed E-state index contributed by atoms with van der Waals surface area (Å²) in [6.07, 6.45) is 2.29. The number of piperidine rings is 1. The lowest BCUT2D eigenvalue weighted by molar-refractivity contribution is -0.384. The number of nitrogens with one attached hydrogen (secondary N) is 2. The van der Waals surface area contributed by atoms with Crippen molar-refractivity contribution < 1.29 is 22.9 Å². The highest BCUT2D eigenvalue weighted by molar-refractivity contribution is 7.99. The molecule has 1 atom stereocenters. The van der Waals surface area contributed by atoms with Gasteiger partial charge in [-0.15, -0.1) is 11.8 Å². The second-order valence-electron chi connectivity index (χ2n) is 13.0. The molecule has 0 bridgehead atoms. The van der Waals surface area contributed by atoms with E-state index in [0.29, 0.717) is 12.2 Å². The van der Waals surface area contributed by atoms with Crippen LogP contribution in [0.2, 0.25) is 0 Å². The van der Waals surface area contributed by atoms with E-state index in [1.54, 1.807) is 43.1 Å². The lowest BCUT2D eigenvalue weighted by Crippen LogP contribution is -2.44. The van der Waals surface area contributed by atoms with Gasteiger partial charge in [0.05, 0.1) is 15.4 Å². The quantitative estimate of drug-likeness (QED) is 0.0774. The van der Waals surface area contributed by atoms with Gasteiger partial charge in [-0.3, -0.25) is 14.9 Å². The molecule has 4 aromatic rings. The highest BCUT2D eigenvalue weighted by Gasteiger charge is 2.37. The number of amides is 1. The first-order chi connectivity index (χ1) is 24.4. The van der Waals surface area contributed by atoms with Gasteiger partial charge >= 0.3 is 0 Å². The van der Waals surface area contributed by atoms with Crippen LogP contribution in [-0.4, -0.2) is 76.8 Å². The molecule has 0 saturated carbocycles. The summed E-state index contributed by atoms with van der Waals surface area (Å²) >= 11 is 1.63. The Labute approximate surface area is 304 Å². The van der Waals surface area contributed by atoms with Crippen LogP contribution in [-0.2, 0) is 20.4 Å². The zero-order valence-corrected chi connectivity index (χ0v) is 31.0. The number of carbonyl (C=O) groups is 1. The fraction of sp³-hybridized carbons (Fsp3) is 0.342. The van der Waals surface area contributed by atoms with Crippen molar-refractivity contribution in [2.45, 2.75) is 47.6 Å². The van der Waals surface area contributed by atoms with Crippen molar-refractivity contribution in [3.8, 4) is 0 Å². The molecule has 2 N–H and O–H groups in total. The van der Waals surface area contributed by atoms with Gasteiger partial charge in [0, 0.05) is 54.2 Å². The van der Waals surface area contributed by atoms with E-state index in [0.717, 1.165) is 49.1 Å². The third kappa shape index (κ3) is 9.47. The molecule has 1 aliphatic heterocycles. The van der Waals surface area contributed by atoms with Crippen LogP contribution >= 0.6 is 11.8 Å². The summed E-state index contributed by atoms with van der Waals surface area (Å²) < 4.78 is 34.8. The number of aryl methyl sites for hydroxylation is 1. The van der Waals surface area contributed by atoms with Crippen LogP contribution in [0.4, 0.5) is 17.1 Å². The minimum atomic E-state index is -4.42. The Bertz CT molecular complexity index is 1910. The van der Waals surface area contributed by atoms with Crippen molar-refractivity contribution >= 4 is 44.8 Å². The Balaban J connectivity index is 1.24. The Morgan fingerprint density at radius 2 is 1.67 bits per heavy atom. The molecular formula is C38H45N5O6S2. The van der Waals surface area contributed by atoms with E-state index in [1.165, 1.54) is 23.3 Å². The van der Waals surface area contributed by atoms with Crippen molar-refractivity contribution in [2.24, 2.45) is 0 Å². The lowest BCUT2D eigenvalue weighted by atomic mass is 9.82. The Hall–Kier alpha value is -4.43. The summed E-state index contributed by atoms with van der Waals surface area (Å²) in [5, 5.41) is 15.4. The van der Waals surface area contributed by atoms with Crippen molar-refractivity contribution in [2.75, 3.05) is 56.8 Å². The summed E-state index contributed by atoms with van der Waals surface area (Å²) in [7, 11) is 1.25. The standard InChI is InChI=1S/C38H45N5O6S2/c1-28-10-8-9-13-34(28)38(49-4)21-24-42(25-22-38)31-16-14-29(15-17-31)37(44)40-51(47,48)33-18-19-35(36(26-33)43(45)46)39-30(20-23-41(2)3)27-50-32-11-6-5-7-12-32/h5-19,26,30,39H,20-25,27H2,1-4H3,(H,40,44). The van der Waals surface area contributed by atoms with Gasteiger partial charge < -0.3 is 19.9 Å². The van der Waals surface area contributed by atoms with E-state index >= 15 is 0 Å². The lowest BCUT2D eigenvalue weighted by Gasteiger charge is -2.42. The molecule has 51 heavy (non-hydrogen) atoms. The Kier molecular flexibility index (Phi) is 12.4. The minimum absolute atomic E-state index is 0.137. The molecule has 1 fully saturated rings. The summed E-state index contributed by atoms with van der Waals surface area (Å²) in [6.45, 7) is 4.33. The number of anilines is 2. The Morgan fingerprint density at radius 3 is 2.29 bits per heavy atom. The molecule has 1 saturated heterocycles. The normalized spacial score (nSPS) is 15.0. The van der Waals surface area contributed by atoms with Crippen LogP contribution in [0.5, 0.6) is 0 Å². The van der Waals surface area contributed by atoms with Crippen LogP contribution in [0, 0.1) is 17.0 Å². The summed E-state index contributed by atoms with van der Waals surface area (Å²) in [5.41, 5.74) is 2.89. The maximum atomic E-state index is 13.3. The smallest absolute Gasteiger partial charge is 0.293 e. The van der Waals surface area contributed by atoms with Gasteiger partial charge in [0.25, 0.3) is 21.6 Å². The molecule has 5 rings (SSSR count). The molecule has 270 valence electrons. The summed E-state index contributed by atoms with van der Waals surface area (Å²) in [4.78, 5) is 29.6. The van der Waals surface area contributed by atoms with Gasteiger partial charge in [0.1, 0.15) is 5.69 Å². The van der Waals surface area contributed by atoms with E-state index in [-0.39, 0.29) is 27.8 Å². The first-order valence-electron chi connectivity index (χ1n) is 16.8. The molecule has 0 aromatic heterocycles. The first kappa shape index (κ1) is 37.8. The van der Waals surface area contributed by atoms with Gasteiger partial charge in [0.15, 0.2) is 0 Å². The monoisotopic (exact) mass is 731 g/mol. The zero-order valence-electron chi connectivity index (χ0n) is 29.4. The number of benzene rings is 4. The molecule has 0 spiro atoms. The number of methoxy groups -OCH3 is 1. The number of nitro groups is 1. The fourth-order valence-corrected chi connectivity index (χ4v) is 8.34. The third-order valence-electron chi connectivity index (χ3n) is 9.27. The average Bonchev–Trinajstić information content (AvgIpc) is 3.13. The highest BCUT2D eigenvalue weighted by Crippen LogP contribution is 2.39. The SMILES string of the molecule is COC1(c2ccccc2C)CCN(c2ccc(C(=O)NS(=O)(=O)c3ccc(NC(CCN(C)C)CSc4ccccc4)c([N+](=O)[O-])c3)cc2)CC1. The second-order valence-corrected chi connectivity index (χ2v) is 15.8. The van der Waals surface area contributed by atoms with E-state index < -0.39 is 26.5 Å². The average molecular weight is 732 g/mol.